The molecule has 0 atom stereocenters. The van der Waals surface area contributed by atoms with Gasteiger partial charge in [-0.1, -0.05) is 0 Å². The predicted octanol–water partition coefficient (Wildman–Crippen LogP) is 6.23. The van der Waals surface area contributed by atoms with E-state index in [1.807, 2.05) is 60.7 Å². The summed E-state index contributed by atoms with van der Waals surface area (Å²) in [7, 11) is 0. The quantitative estimate of drug-likeness (QED) is 0.251. The van der Waals surface area contributed by atoms with Crippen LogP contribution in [0.2, 0.25) is 0 Å². The van der Waals surface area contributed by atoms with Crippen LogP contribution in [-0.4, -0.2) is 24.9 Å². The second-order valence-corrected chi connectivity index (χ2v) is 7.86. The zero-order valence-electron chi connectivity index (χ0n) is 17.3. The number of aromatic nitrogens is 4. The number of nitro benzene ring substituents is 1. The molecular formula is C26H17N5O2. The van der Waals surface area contributed by atoms with Gasteiger partial charge in [-0.15, -0.1) is 0 Å². The number of nitrogens with one attached hydrogen (secondary N) is 2. The highest BCUT2D eigenvalue weighted by Crippen LogP contribution is 2.32. The van der Waals surface area contributed by atoms with Crippen LogP contribution in [0.15, 0.2) is 66.7 Å². The predicted molar refractivity (Wildman–Crippen MR) is 131 cm³/mol. The fourth-order valence-electron chi connectivity index (χ4n) is 4.05. The van der Waals surface area contributed by atoms with Gasteiger partial charge in [0, 0.05) is 39.8 Å². The van der Waals surface area contributed by atoms with E-state index in [0.717, 1.165) is 56.0 Å². The van der Waals surface area contributed by atoms with Gasteiger partial charge in [-0.05, 0) is 84.5 Å². The third-order valence-electron chi connectivity index (χ3n) is 5.58. The molecule has 2 aliphatic rings. The molecule has 1 aromatic carbocycles. The van der Waals surface area contributed by atoms with Crippen molar-refractivity contribution in [3.8, 4) is 11.1 Å². The van der Waals surface area contributed by atoms with Gasteiger partial charge in [-0.25, -0.2) is 9.97 Å². The summed E-state index contributed by atoms with van der Waals surface area (Å²) < 4.78 is 0. The number of hydrogen-bond donors (Lipinski definition) is 2. The minimum Gasteiger partial charge on any atom is -0.355 e. The first-order chi connectivity index (χ1) is 16.1. The minimum atomic E-state index is -0.401. The van der Waals surface area contributed by atoms with Crippen LogP contribution in [-0.2, 0) is 0 Å². The number of nitro groups is 1. The molecule has 0 saturated heterocycles. The standard InChI is InChI=1S/C26H17N5O2/c32-31(33)23-9-1-16(2-10-23)26-24-11-7-21(29-24)14-19-5-3-17(27-19)13-18-4-6-20(28-18)15-22-8-12-25(26)30-22/h1-15,27-28H. The molecule has 0 aliphatic carbocycles. The van der Waals surface area contributed by atoms with Crippen molar-refractivity contribution in [3.63, 3.8) is 0 Å². The minimum absolute atomic E-state index is 0.0448. The SMILES string of the molecule is O=[N+]([O-])c1ccc(-c2c3nc(cc4ccc(cc5ccc(cc6nc2C=C6)[nH]5)[nH]4)C=C3)cc1. The van der Waals surface area contributed by atoms with Gasteiger partial charge in [0.15, 0.2) is 0 Å². The lowest BCUT2D eigenvalue weighted by molar-refractivity contribution is -0.384. The van der Waals surface area contributed by atoms with Gasteiger partial charge in [0.2, 0.25) is 0 Å². The molecule has 2 N–H and O–H groups in total. The van der Waals surface area contributed by atoms with E-state index in [-0.39, 0.29) is 5.69 Å². The van der Waals surface area contributed by atoms with E-state index in [0.29, 0.717) is 0 Å². The zero-order valence-corrected chi connectivity index (χ0v) is 17.3. The molecule has 0 radical (unpaired) electrons. The van der Waals surface area contributed by atoms with Crippen LogP contribution >= 0.6 is 0 Å². The van der Waals surface area contributed by atoms with Crippen molar-refractivity contribution in [2.45, 2.75) is 0 Å². The summed E-state index contributed by atoms with van der Waals surface area (Å²) >= 11 is 0. The fraction of sp³-hybridized carbons (Fsp3) is 0. The summed E-state index contributed by atoms with van der Waals surface area (Å²) in [6.45, 7) is 0. The lowest BCUT2D eigenvalue weighted by atomic mass is 10.0. The molecule has 0 unspecified atom stereocenters. The Bertz CT molecular complexity index is 1550. The summed E-state index contributed by atoms with van der Waals surface area (Å²) in [6, 6.07) is 20.6. The summed E-state index contributed by atoms with van der Waals surface area (Å²) in [5, 5.41) is 11.1. The lowest BCUT2D eigenvalue weighted by Gasteiger charge is -2.04. The average molecular weight is 431 g/mol. The van der Waals surface area contributed by atoms with Crippen molar-refractivity contribution in [2.24, 2.45) is 0 Å². The van der Waals surface area contributed by atoms with Crippen molar-refractivity contribution in [1.82, 2.24) is 19.9 Å². The summed E-state index contributed by atoms with van der Waals surface area (Å²) in [5.74, 6) is 0. The normalized spacial score (nSPS) is 12.2. The molecule has 3 aromatic heterocycles. The molecule has 6 rings (SSSR count). The smallest absolute Gasteiger partial charge is 0.269 e. The third-order valence-corrected chi connectivity index (χ3v) is 5.58. The Morgan fingerprint density at radius 2 is 1.12 bits per heavy atom. The zero-order chi connectivity index (χ0) is 22.4. The number of fused-ring (bicyclic) bond motifs is 8. The largest absolute Gasteiger partial charge is 0.355 e. The molecule has 0 amide bonds. The molecule has 5 heterocycles. The maximum atomic E-state index is 11.1. The average Bonchev–Trinajstić information content (AvgIpc) is 3.60. The van der Waals surface area contributed by atoms with Crippen LogP contribution in [0.3, 0.4) is 0 Å². The Kier molecular flexibility index (Phi) is 4.26. The fourth-order valence-corrected chi connectivity index (χ4v) is 4.05. The first-order valence-corrected chi connectivity index (χ1v) is 10.4. The van der Waals surface area contributed by atoms with Crippen molar-refractivity contribution in [3.05, 3.63) is 99.6 Å². The van der Waals surface area contributed by atoms with Crippen molar-refractivity contribution in [2.75, 3.05) is 0 Å². The maximum absolute atomic E-state index is 11.1. The van der Waals surface area contributed by atoms with Crippen molar-refractivity contribution < 1.29 is 4.92 Å². The van der Waals surface area contributed by atoms with E-state index in [9.17, 15) is 10.1 Å². The van der Waals surface area contributed by atoms with Gasteiger partial charge in [0.25, 0.3) is 5.69 Å². The van der Waals surface area contributed by atoms with Crippen LogP contribution in [0, 0.1) is 10.1 Å². The molecular weight excluding hydrogens is 414 g/mol. The Hall–Kier alpha value is -4.78. The van der Waals surface area contributed by atoms with Crippen LogP contribution in [0.1, 0.15) is 22.8 Å². The van der Waals surface area contributed by atoms with Crippen LogP contribution in [0.4, 0.5) is 5.69 Å². The molecule has 0 saturated carbocycles. The molecule has 4 aromatic rings. The Balaban J connectivity index is 1.67. The van der Waals surface area contributed by atoms with E-state index in [2.05, 4.69) is 16.0 Å². The Morgan fingerprint density at radius 3 is 1.61 bits per heavy atom. The highest BCUT2D eigenvalue weighted by Gasteiger charge is 2.15. The number of rotatable bonds is 2. The summed E-state index contributed by atoms with van der Waals surface area (Å²) in [4.78, 5) is 27.1. The van der Waals surface area contributed by atoms with E-state index in [1.165, 1.54) is 12.1 Å². The molecule has 2 aliphatic heterocycles. The number of hydrogen-bond acceptors (Lipinski definition) is 4. The molecule has 158 valence electrons. The number of aromatic amines is 2. The topological polar surface area (TPSA) is 100 Å². The molecule has 0 spiro atoms. The van der Waals surface area contributed by atoms with E-state index >= 15 is 0 Å². The van der Waals surface area contributed by atoms with Crippen molar-refractivity contribution >= 4 is 52.1 Å². The molecule has 8 bridgehead atoms. The molecule has 33 heavy (non-hydrogen) atoms. The van der Waals surface area contributed by atoms with Gasteiger partial charge in [0.1, 0.15) is 0 Å². The number of nitrogens with zero attached hydrogens (tertiary/aromatic N) is 3. The number of non-ortho nitro benzene ring substituents is 1. The third kappa shape index (κ3) is 3.61. The van der Waals surface area contributed by atoms with Crippen LogP contribution < -0.4 is 0 Å². The number of H-pyrrole nitrogens is 2. The second kappa shape index (κ2) is 7.42. The molecule has 7 heteroatoms. The van der Waals surface area contributed by atoms with E-state index in [4.69, 9.17) is 9.97 Å². The van der Waals surface area contributed by atoms with Crippen LogP contribution in [0.25, 0.3) is 57.5 Å². The van der Waals surface area contributed by atoms with E-state index in [1.54, 1.807) is 12.1 Å². The van der Waals surface area contributed by atoms with Crippen molar-refractivity contribution in [1.29, 1.82) is 0 Å². The first kappa shape index (κ1) is 18.9. The highest BCUT2D eigenvalue weighted by molar-refractivity contribution is 5.89. The van der Waals surface area contributed by atoms with Crippen LogP contribution in [0.5, 0.6) is 0 Å². The first-order valence-electron chi connectivity index (χ1n) is 10.4. The highest BCUT2D eigenvalue weighted by atomic mass is 16.6. The van der Waals surface area contributed by atoms with E-state index < -0.39 is 4.92 Å². The lowest BCUT2D eigenvalue weighted by Crippen LogP contribution is -1.91. The van der Waals surface area contributed by atoms with Gasteiger partial charge in [-0.3, -0.25) is 10.1 Å². The van der Waals surface area contributed by atoms with Gasteiger partial charge >= 0.3 is 0 Å². The monoisotopic (exact) mass is 431 g/mol. The Morgan fingerprint density at radius 1 is 0.636 bits per heavy atom. The molecule has 7 nitrogen and oxygen atoms in total. The second-order valence-electron chi connectivity index (χ2n) is 7.86. The van der Waals surface area contributed by atoms with Gasteiger partial charge in [-0.2, -0.15) is 0 Å². The molecule has 0 fully saturated rings. The maximum Gasteiger partial charge on any atom is 0.269 e. The van der Waals surface area contributed by atoms with Gasteiger partial charge < -0.3 is 9.97 Å². The number of benzene rings is 1. The summed E-state index contributed by atoms with van der Waals surface area (Å²) in [5.41, 5.74) is 8.68. The Labute approximate surface area is 188 Å². The van der Waals surface area contributed by atoms with Gasteiger partial charge in [0.05, 0.1) is 27.7 Å². The summed E-state index contributed by atoms with van der Waals surface area (Å²) in [6.07, 6.45) is 7.81.